The lowest BCUT2D eigenvalue weighted by molar-refractivity contribution is -0.130. The molecule has 1 aliphatic heterocycles. The molecule has 1 saturated heterocycles. The topological polar surface area (TPSA) is 40.5 Å². The van der Waals surface area contributed by atoms with E-state index in [1.807, 2.05) is 6.26 Å². The van der Waals surface area contributed by atoms with E-state index in [1.54, 1.807) is 16.7 Å². The Morgan fingerprint density at radius 3 is 3.00 bits per heavy atom. The highest BCUT2D eigenvalue weighted by atomic mass is 32.2. The van der Waals surface area contributed by atoms with Gasteiger partial charge in [0.1, 0.15) is 0 Å². The molecule has 1 N–H and O–H groups in total. The summed E-state index contributed by atoms with van der Waals surface area (Å²) in [7, 11) is 0. The molecule has 0 radical (unpaired) electrons. The highest BCUT2D eigenvalue weighted by molar-refractivity contribution is 7.98. The fraction of sp³-hybridized carbons (Fsp3) is 0.875. The van der Waals surface area contributed by atoms with Crippen LogP contribution in [-0.4, -0.2) is 47.1 Å². The molecule has 1 rings (SSSR count). The molecule has 1 atom stereocenters. The van der Waals surface area contributed by atoms with Crippen molar-refractivity contribution >= 4 is 17.7 Å². The fourth-order valence-electron chi connectivity index (χ4n) is 1.32. The molecule has 0 aromatic heterocycles. The Morgan fingerprint density at radius 2 is 2.50 bits per heavy atom. The van der Waals surface area contributed by atoms with Crippen LogP contribution in [0.15, 0.2) is 0 Å². The van der Waals surface area contributed by atoms with Gasteiger partial charge < -0.3 is 10.0 Å². The summed E-state index contributed by atoms with van der Waals surface area (Å²) >= 11 is 1.68. The van der Waals surface area contributed by atoms with Crippen molar-refractivity contribution in [1.82, 2.24) is 4.90 Å². The van der Waals surface area contributed by atoms with Crippen LogP contribution in [0.2, 0.25) is 0 Å². The Labute approximate surface area is 77.1 Å². The normalized spacial score (nSPS) is 23.2. The van der Waals surface area contributed by atoms with Crippen molar-refractivity contribution in [1.29, 1.82) is 0 Å². The first-order valence-electron chi connectivity index (χ1n) is 4.19. The van der Waals surface area contributed by atoms with E-state index in [1.165, 1.54) is 0 Å². The molecule has 1 unspecified atom stereocenters. The van der Waals surface area contributed by atoms with Gasteiger partial charge in [0.2, 0.25) is 5.91 Å². The number of rotatable bonds is 3. The van der Waals surface area contributed by atoms with E-state index in [4.69, 9.17) is 0 Å². The zero-order valence-corrected chi connectivity index (χ0v) is 8.14. The second-order valence-corrected chi connectivity index (χ2v) is 4.01. The van der Waals surface area contributed by atoms with Crippen LogP contribution in [0.5, 0.6) is 0 Å². The number of aliphatic hydroxyl groups excluding tert-OH is 1. The summed E-state index contributed by atoms with van der Waals surface area (Å²) in [4.78, 5) is 13.1. The van der Waals surface area contributed by atoms with Crippen molar-refractivity contribution in [2.75, 3.05) is 25.1 Å². The minimum Gasteiger partial charge on any atom is -0.391 e. The van der Waals surface area contributed by atoms with Crippen molar-refractivity contribution in [2.45, 2.75) is 18.9 Å². The zero-order valence-electron chi connectivity index (χ0n) is 7.32. The smallest absolute Gasteiger partial charge is 0.223 e. The molecule has 0 aromatic rings. The van der Waals surface area contributed by atoms with Gasteiger partial charge in [-0.15, -0.1) is 0 Å². The van der Waals surface area contributed by atoms with Gasteiger partial charge in [-0.1, -0.05) is 0 Å². The van der Waals surface area contributed by atoms with Crippen LogP contribution in [0.3, 0.4) is 0 Å². The van der Waals surface area contributed by atoms with Gasteiger partial charge in [0.25, 0.3) is 0 Å². The van der Waals surface area contributed by atoms with Crippen LogP contribution in [0.4, 0.5) is 0 Å². The summed E-state index contributed by atoms with van der Waals surface area (Å²) in [6.07, 6.45) is 3.05. The van der Waals surface area contributed by atoms with E-state index in [2.05, 4.69) is 0 Å². The molecule has 1 amide bonds. The number of hydrogen-bond donors (Lipinski definition) is 1. The van der Waals surface area contributed by atoms with Crippen LogP contribution in [-0.2, 0) is 4.79 Å². The molecule has 12 heavy (non-hydrogen) atoms. The highest BCUT2D eigenvalue weighted by Crippen LogP contribution is 2.10. The summed E-state index contributed by atoms with van der Waals surface area (Å²) in [6, 6.07) is 0. The molecular weight excluding hydrogens is 174 g/mol. The Hall–Kier alpha value is -0.220. The number of likely N-dealkylation sites (tertiary alicyclic amines) is 1. The van der Waals surface area contributed by atoms with Crippen molar-refractivity contribution in [3.05, 3.63) is 0 Å². The summed E-state index contributed by atoms with van der Waals surface area (Å²) in [6.45, 7) is 1.27. The monoisotopic (exact) mass is 189 g/mol. The Bertz CT molecular complexity index is 163. The molecule has 3 nitrogen and oxygen atoms in total. The lowest BCUT2D eigenvalue weighted by atomic mass is 10.3. The molecule has 1 aliphatic rings. The van der Waals surface area contributed by atoms with Crippen molar-refractivity contribution in [3.63, 3.8) is 0 Å². The molecule has 1 fully saturated rings. The van der Waals surface area contributed by atoms with Crippen LogP contribution >= 0.6 is 11.8 Å². The van der Waals surface area contributed by atoms with Gasteiger partial charge in [-0.25, -0.2) is 0 Å². The molecule has 4 heteroatoms. The van der Waals surface area contributed by atoms with E-state index in [9.17, 15) is 9.90 Å². The largest absolute Gasteiger partial charge is 0.391 e. The van der Waals surface area contributed by atoms with Crippen molar-refractivity contribution < 1.29 is 9.90 Å². The molecule has 0 saturated carbocycles. The molecular formula is C8H15NO2S. The van der Waals surface area contributed by atoms with E-state index in [-0.39, 0.29) is 12.0 Å². The van der Waals surface area contributed by atoms with Gasteiger partial charge in [-0.3, -0.25) is 4.79 Å². The van der Waals surface area contributed by atoms with Gasteiger partial charge in [0.05, 0.1) is 6.10 Å². The Kier molecular flexibility index (Phi) is 3.88. The van der Waals surface area contributed by atoms with Gasteiger partial charge in [-0.2, -0.15) is 11.8 Å². The van der Waals surface area contributed by atoms with Gasteiger partial charge in [0.15, 0.2) is 0 Å². The van der Waals surface area contributed by atoms with Gasteiger partial charge in [-0.05, 0) is 12.7 Å². The summed E-state index contributed by atoms with van der Waals surface area (Å²) < 4.78 is 0. The zero-order chi connectivity index (χ0) is 8.97. The standard InChI is InChI=1S/C8H15NO2S/c1-12-5-3-8(11)9-4-2-7(10)6-9/h7,10H,2-6H2,1H3. The number of carbonyl (C=O) groups is 1. The van der Waals surface area contributed by atoms with E-state index >= 15 is 0 Å². The van der Waals surface area contributed by atoms with Crippen LogP contribution in [0.25, 0.3) is 0 Å². The first-order valence-corrected chi connectivity index (χ1v) is 5.58. The minimum absolute atomic E-state index is 0.181. The van der Waals surface area contributed by atoms with Crippen molar-refractivity contribution in [2.24, 2.45) is 0 Å². The minimum atomic E-state index is -0.289. The van der Waals surface area contributed by atoms with Gasteiger partial charge in [0, 0.05) is 25.3 Å². The summed E-state index contributed by atoms with van der Waals surface area (Å²) in [5.74, 6) is 1.06. The lowest BCUT2D eigenvalue weighted by Crippen LogP contribution is -2.29. The number of carbonyl (C=O) groups excluding carboxylic acids is 1. The van der Waals surface area contributed by atoms with Crippen molar-refractivity contribution in [3.8, 4) is 0 Å². The Morgan fingerprint density at radius 1 is 1.75 bits per heavy atom. The number of β-amino-alcohol motifs (C(OH)–C–C–N with tert-alkyl or cyclic N) is 1. The third kappa shape index (κ3) is 2.68. The predicted octanol–water partition coefficient (Wildman–Crippen LogP) is 0.333. The van der Waals surface area contributed by atoms with Gasteiger partial charge >= 0.3 is 0 Å². The number of nitrogens with zero attached hydrogens (tertiary/aromatic N) is 1. The third-order valence-corrected chi connectivity index (χ3v) is 2.65. The van der Waals surface area contributed by atoms with Crippen LogP contribution < -0.4 is 0 Å². The number of aliphatic hydroxyl groups is 1. The third-order valence-electron chi connectivity index (χ3n) is 2.04. The molecule has 1 heterocycles. The van der Waals surface area contributed by atoms with E-state index < -0.39 is 0 Å². The average molecular weight is 189 g/mol. The first-order chi connectivity index (χ1) is 5.74. The fourth-order valence-corrected chi connectivity index (χ4v) is 1.69. The SMILES string of the molecule is CSCCC(=O)N1CCC(O)C1. The molecule has 0 aromatic carbocycles. The average Bonchev–Trinajstić information content (AvgIpc) is 2.47. The van der Waals surface area contributed by atoms with E-state index in [0.29, 0.717) is 13.0 Å². The Balaban J connectivity index is 2.23. The predicted molar refractivity (Wildman–Crippen MR) is 50.2 cm³/mol. The molecule has 0 spiro atoms. The second-order valence-electron chi connectivity index (χ2n) is 3.03. The van der Waals surface area contributed by atoms with E-state index in [0.717, 1.165) is 18.7 Å². The maximum Gasteiger partial charge on any atom is 0.223 e. The number of hydrogen-bond acceptors (Lipinski definition) is 3. The van der Waals surface area contributed by atoms with Crippen LogP contribution in [0.1, 0.15) is 12.8 Å². The quantitative estimate of drug-likeness (QED) is 0.695. The van der Waals surface area contributed by atoms with Crippen LogP contribution in [0, 0.1) is 0 Å². The number of thioether (sulfide) groups is 1. The molecule has 70 valence electrons. The second kappa shape index (κ2) is 4.72. The maximum absolute atomic E-state index is 11.4. The summed E-state index contributed by atoms with van der Waals surface area (Å²) in [5.41, 5.74) is 0. The maximum atomic E-state index is 11.4. The lowest BCUT2D eigenvalue weighted by Gasteiger charge is -2.14. The molecule has 0 aliphatic carbocycles. The first kappa shape index (κ1) is 9.86. The highest BCUT2D eigenvalue weighted by Gasteiger charge is 2.23. The summed E-state index contributed by atoms with van der Waals surface area (Å²) in [5, 5.41) is 9.17. The molecule has 0 bridgehead atoms. The number of amides is 1.